The van der Waals surface area contributed by atoms with Gasteiger partial charge in [0.2, 0.25) is 0 Å². The van der Waals surface area contributed by atoms with Crippen LogP contribution < -0.4 is 10.1 Å². The average molecular weight is 271 g/mol. The topological polar surface area (TPSA) is 41.6 Å². The second-order valence-electron chi connectivity index (χ2n) is 4.31. The number of halogens is 1. The molecular weight excluding hydrogens is 252 g/mol. The molecule has 0 aliphatic carbocycles. The Bertz CT molecular complexity index is 379. The number of carbonyl (C=O) groups is 1. The first-order valence-electron chi connectivity index (χ1n) is 5.83. The van der Waals surface area contributed by atoms with Gasteiger partial charge in [-0.05, 0) is 45.3 Å². The zero-order valence-corrected chi connectivity index (χ0v) is 11.7. The van der Waals surface area contributed by atoms with Crippen LogP contribution in [0.3, 0.4) is 0 Å². The monoisotopic (exact) mass is 270 g/mol. The van der Waals surface area contributed by atoms with Crippen LogP contribution >= 0.6 is 11.6 Å². The highest BCUT2D eigenvalue weighted by atomic mass is 35.5. The Hall–Kier alpha value is -1.26. The Morgan fingerprint density at radius 3 is 2.56 bits per heavy atom. The van der Waals surface area contributed by atoms with Crippen LogP contribution in [-0.4, -0.2) is 44.1 Å². The molecule has 18 heavy (non-hydrogen) atoms. The number of nitrogens with zero attached hydrogens (tertiary/aromatic N) is 1. The van der Waals surface area contributed by atoms with Crippen molar-refractivity contribution >= 4 is 17.5 Å². The van der Waals surface area contributed by atoms with E-state index in [1.54, 1.807) is 31.2 Å². The molecule has 0 aliphatic rings. The normalized spacial score (nSPS) is 12.3. The summed E-state index contributed by atoms with van der Waals surface area (Å²) in [6.07, 6.45) is -0.520. The van der Waals surface area contributed by atoms with Crippen molar-refractivity contribution in [2.45, 2.75) is 13.0 Å². The molecule has 1 aromatic carbocycles. The SMILES string of the molecule is CC(Oc1ccc(Cl)cc1)C(=O)NCCN(C)C. The zero-order valence-electron chi connectivity index (χ0n) is 10.9. The molecule has 0 aromatic heterocycles. The maximum atomic E-state index is 11.7. The van der Waals surface area contributed by atoms with Crippen LogP contribution in [0.15, 0.2) is 24.3 Å². The van der Waals surface area contributed by atoms with E-state index in [4.69, 9.17) is 16.3 Å². The van der Waals surface area contributed by atoms with Gasteiger partial charge in [-0.1, -0.05) is 11.6 Å². The fourth-order valence-electron chi connectivity index (χ4n) is 1.32. The maximum Gasteiger partial charge on any atom is 0.260 e. The average Bonchev–Trinajstić information content (AvgIpc) is 2.31. The highest BCUT2D eigenvalue weighted by Gasteiger charge is 2.13. The maximum absolute atomic E-state index is 11.7. The predicted octanol–water partition coefficient (Wildman–Crippen LogP) is 1.79. The Morgan fingerprint density at radius 1 is 1.39 bits per heavy atom. The van der Waals surface area contributed by atoms with Crippen LogP contribution in [0, 0.1) is 0 Å². The van der Waals surface area contributed by atoms with Gasteiger partial charge in [-0.2, -0.15) is 0 Å². The third-order valence-electron chi connectivity index (χ3n) is 2.35. The van der Waals surface area contributed by atoms with Crippen LogP contribution in [-0.2, 0) is 4.79 Å². The molecule has 0 spiro atoms. The smallest absolute Gasteiger partial charge is 0.260 e. The van der Waals surface area contributed by atoms with E-state index in [1.807, 2.05) is 19.0 Å². The van der Waals surface area contributed by atoms with E-state index in [9.17, 15) is 4.79 Å². The second kappa shape index (κ2) is 7.24. The van der Waals surface area contributed by atoms with Crippen LogP contribution in [0.5, 0.6) is 5.75 Å². The molecule has 0 saturated carbocycles. The third kappa shape index (κ3) is 5.38. The lowest BCUT2D eigenvalue weighted by Crippen LogP contribution is -2.39. The quantitative estimate of drug-likeness (QED) is 0.857. The summed E-state index contributed by atoms with van der Waals surface area (Å²) in [5.41, 5.74) is 0. The lowest BCUT2D eigenvalue weighted by molar-refractivity contribution is -0.127. The standard InChI is InChI=1S/C13H19ClN2O2/c1-10(13(17)15-8-9-16(2)3)18-12-6-4-11(14)5-7-12/h4-7,10H,8-9H2,1-3H3,(H,15,17). The molecule has 1 N–H and O–H groups in total. The first-order chi connectivity index (χ1) is 8.49. The van der Waals surface area contributed by atoms with E-state index in [0.717, 1.165) is 6.54 Å². The van der Waals surface area contributed by atoms with Gasteiger partial charge in [-0.15, -0.1) is 0 Å². The minimum atomic E-state index is -0.520. The van der Waals surface area contributed by atoms with Crippen molar-refractivity contribution in [1.82, 2.24) is 10.2 Å². The number of ether oxygens (including phenoxy) is 1. The van der Waals surface area contributed by atoms with Gasteiger partial charge in [-0.3, -0.25) is 4.79 Å². The first kappa shape index (κ1) is 14.8. The number of nitrogens with one attached hydrogen (secondary N) is 1. The Labute approximate surface area is 113 Å². The van der Waals surface area contributed by atoms with E-state index in [1.165, 1.54) is 0 Å². The number of hydrogen-bond donors (Lipinski definition) is 1. The molecule has 0 aliphatic heterocycles. The van der Waals surface area contributed by atoms with E-state index in [2.05, 4.69) is 5.32 Å². The zero-order chi connectivity index (χ0) is 13.5. The van der Waals surface area contributed by atoms with Crippen LogP contribution in [0.2, 0.25) is 5.02 Å². The van der Waals surface area contributed by atoms with Crippen molar-refractivity contribution in [3.05, 3.63) is 29.3 Å². The summed E-state index contributed by atoms with van der Waals surface area (Å²) in [7, 11) is 3.92. The van der Waals surface area contributed by atoms with Gasteiger partial charge in [0, 0.05) is 18.1 Å². The van der Waals surface area contributed by atoms with E-state index >= 15 is 0 Å². The van der Waals surface area contributed by atoms with Gasteiger partial charge in [0.25, 0.3) is 5.91 Å². The van der Waals surface area contributed by atoms with Crippen LogP contribution in [0.1, 0.15) is 6.92 Å². The largest absolute Gasteiger partial charge is 0.481 e. The molecule has 1 aromatic rings. The fourth-order valence-corrected chi connectivity index (χ4v) is 1.44. The molecule has 4 nitrogen and oxygen atoms in total. The molecule has 0 heterocycles. The molecule has 1 rings (SSSR count). The number of likely N-dealkylation sites (N-methyl/N-ethyl adjacent to an activating group) is 1. The van der Waals surface area contributed by atoms with Crippen molar-refractivity contribution < 1.29 is 9.53 Å². The summed E-state index contributed by atoms with van der Waals surface area (Å²) in [5, 5.41) is 3.46. The summed E-state index contributed by atoms with van der Waals surface area (Å²) in [6, 6.07) is 6.94. The summed E-state index contributed by atoms with van der Waals surface area (Å²) >= 11 is 5.77. The molecule has 0 saturated heterocycles. The number of benzene rings is 1. The van der Waals surface area contributed by atoms with Gasteiger partial charge in [-0.25, -0.2) is 0 Å². The third-order valence-corrected chi connectivity index (χ3v) is 2.61. The number of carbonyl (C=O) groups excluding carboxylic acids is 1. The Balaban J connectivity index is 2.37. The van der Waals surface area contributed by atoms with Crippen molar-refractivity contribution in [3.63, 3.8) is 0 Å². The van der Waals surface area contributed by atoms with Crippen LogP contribution in [0.25, 0.3) is 0 Å². The fraction of sp³-hybridized carbons (Fsp3) is 0.462. The van der Waals surface area contributed by atoms with Gasteiger partial charge < -0.3 is 15.0 Å². The molecule has 0 bridgehead atoms. The molecule has 0 radical (unpaired) electrons. The number of hydrogen-bond acceptors (Lipinski definition) is 3. The lowest BCUT2D eigenvalue weighted by Gasteiger charge is -2.16. The van der Waals surface area contributed by atoms with Gasteiger partial charge in [0.15, 0.2) is 6.10 Å². The molecule has 5 heteroatoms. The second-order valence-corrected chi connectivity index (χ2v) is 4.74. The number of amides is 1. The van der Waals surface area contributed by atoms with Crippen molar-refractivity contribution in [2.24, 2.45) is 0 Å². The predicted molar refractivity (Wildman–Crippen MR) is 73.1 cm³/mol. The van der Waals surface area contributed by atoms with Gasteiger partial charge in [0.1, 0.15) is 5.75 Å². The molecule has 0 fully saturated rings. The summed E-state index contributed by atoms with van der Waals surface area (Å²) < 4.78 is 5.50. The van der Waals surface area contributed by atoms with E-state index in [-0.39, 0.29) is 5.91 Å². The van der Waals surface area contributed by atoms with Crippen molar-refractivity contribution in [1.29, 1.82) is 0 Å². The highest BCUT2D eigenvalue weighted by molar-refractivity contribution is 6.30. The minimum absolute atomic E-state index is 0.119. The summed E-state index contributed by atoms with van der Waals surface area (Å²) in [5.74, 6) is 0.515. The van der Waals surface area contributed by atoms with E-state index < -0.39 is 6.10 Å². The summed E-state index contributed by atoms with van der Waals surface area (Å²) in [4.78, 5) is 13.7. The molecule has 1 atom stereocenters. The molecule has 1 amide bonds. The Morgan fingerprint density at radius 2 is 2.00 bits per heavy atom. The summed E-state index contributed by atoms with van der Waals surface area (Å²) in [6.45, 7) is 3.14. The van der Waals surface area contributed by atoms with Gasteiger partial charge >= 0.3 is 0 Å². The highest BCUT2D eigenvalue weighted by Crippen LogP contribution is 2.16. The molecule has 1 unspecified atom stereocenters. The minimum Gasteiger partial charge on any atom is -0.481 e. The Kier molecular flexibility index (Phi) is 5.95. The lowest BCUT2D eigenvalue weighted by atomic mass is 10.3. The van der Waals surface area contributed by atoms with Crippen molar-refractivity contribution in [2.75, 3.05) is 27.2 Å². The molecular formula is C13H19ClN2O2. The number of rotatable bonds is 6. The van der Waals surface area contributed by atoms with Gasteiger partial charge in [0.05, 0.1) is 0 Å². The molecule has 100 valence electrons. The van der Waals surface area contributed by atoms with Crippen molar-refractivity contribution in [3.8, 4) is 5.75 Å². The van der Waals surface area contributed by atoms with E-state index in [0.29, 0.717) is 17.3 Å². The van der Waals surface area contributed by atoms with Crippen LogP contribution in [0.4, 0.5) is 0 Å². The first-order valence-corrected chi connectivity index (χ1v) is 6.21.